The molecule has 0 bridgehead atoms. The summed E-state index contributed by atoms with van der Waals surface area (Å²) in [6.45, 7) is 0. The Balaban J connectivity index is 1.84. The van der Waals surface area contributed by atoms with Gasteiger partial charge in [0.1, 0.15) is 5.75 Å². The molecular formula is C19H16N2O4. The van der Waals surface area contributed by atoms with Gasteiger partial charge in [0, 0.05) is 5.69 Å². The number of carbonyl (C=O) groups is 2. The Hall–Kier alpha value is -3.54. The monoisotopic (exact) mass is 336 g/mol. The number of carboxylic acid groups (broad SMARTS) is 1. The number of fused-ring (bicyclic) bond motifs is 1. The molecular weight excluding hydrogens is 320 g/mol. The maximum absolute atomic E-state index is 12.2. The number of aromatic carboxylic acids is 1. The summed E-state index contributed by atoms with van der Waals surface area (Å²) in [5, 5.41) is 16.3. The summed E-state index contributed by atoms with van der Waals surface area (Å²) in [6, 6.07) is 16.8. The van der Waals surface area contributed by atoms with E-state index in [1.807, 2.05) is 24.3 Å². The van der Waals surface area contributed by atoms with E-state index in [2.05, 4.69) is 10.6 Å². The molecule has 126 valence electrons. The predicted octanol–water partition coefficient (Wildman–Crippen LogP) is 4.19. The average molecular weight is 336 g/mol. The van der Waals surface area contributed by atoms with E-state index in [1.54, 1.807) is 43.5 Å². The summed E-state index contributed by atoms with van der Waals surface area (Å²) >= 11 is 0. The Bertz CT molecular complexity index is 936. The van der Waals surface area contributed by atoms with Crippen LogP contribution in [-0.2, 0) is 0 Å². The van der Waals surface area contributed by atoms with Gasteiger partial charge in [-0.1, -0.05) is 24.3 Å². The molecule has 0 radical (unpaired) electrons. The first-order valence-electron chi connectivity index (χ1n) is 7.55. The lowest BCUT2D eigenvalue weighted by Gasteiger charge is -2.12. The van der Waals surface area contributed by atoms with Gasteiger partial charge in [-0.25, -0.2) is 9.59 Å². The van der Waals surface area contributed by atoms with Crippen LogP contribution in [0.15, 0.2) is 60.7 Å². The van der Waals surface area contributed by atoms with Crippen molar-refractivity contribution in [2.24, 2.45) is 0 Å². The summed E-state index contributed by atoms with van der Waals surface area (Å²) in [4.78, 5) is 23.7. The fraction of sp³-hybridized carbons (Fsp3) is 0.0526. The van der Waals surface area contributed by atoms with Crippen LogP contribution in [0.1, 0.15) is 10.4 Å². The Morgan fingerprint density at radius 1 is 0.920 bits per heavy atom. The number of carbonyl (C=O) groups excluding carboxylic acids is 1. The number of methoxy groups -OCH3 is 1. The van der Waals surface area contributed by atoms with E-state index < -0.39 is 12.0 Å². The number of urea groups is 1. The molecule has 0 atom stereocenters. The largest absolute Gasteiger partial charge is 0.497 e. The first kappa shape index (κ1) is 16.3. The molecule has 6 heteroatoms. The zero-order chi connectivity index (χ0) is 17.8. The Morgan fingerprint density at radius 3 is 2.16 bits per heavy atom. The average Bonchev–Trinajstić information content (AvgIpc) is 2.61. The van der Waals surface area contributed by atoms with Crippen molar-refractivity contribution in [3.63, 3.8) is 0 Å². The molecule has 0 fully saturated rings. The van der Waals surface area contributed by atoms with Crippen molar-refractivity contribution in [2.75, 3.05) is 17.7 Å². The van der Waals surface area contributed by atoms with Crippen LogP contribution in [0.3, 0.4) is 0 Å². The molecule has 3 rings (SSSR count). The third-order valence-corrected chi connectivity index (χ3v) is 3.71. The minimum Gasteiger partial charge on any atom is -0.497 e. The van der Waals surface area contributed by atoms with Gasteiger partial charge in [-0.15, -0.1) is 0 Å². The fourth-order valence-electron chi connectivity index (χ4n) is 2.48. The number of carboxylic acids is 1. The minimum atomic E-state index is -1.11. The number of hydrogen-bond acceptors (Lipinski definition) is 3. The molecule has 3 N–H and O–H groups in total. The molecule has 0 aliphatic heterocycles. The van der Waals surface area contributed by atoms with Gasteiger partial charge >= 0.3 is 12.0 Å². The minimum absolute atomic E-state index is 0.0311. The quantitative estimate of drug-likeness (QED) is 0.666. The van der Waals surface area contributed by atoms with E-state index in [0.717, 1.165) is 10.8 Å². The molecule has 0 aliphatic carbocycles. The molecule has 0 aromatic heterocycles. The van der Waals surface area contributed by atoms with E-state index in [1.165, 1.54) is 0 Å². The topological polar surface area (TPSA) is 87.7 Å². The van der Waals surface area contributed by atoms with Crippen LogP contribution < -0.4 is 15.4 Å². The summed E-state index contributed by atoms with van der Waals surface area (Å²) in [6.07, 6.45) is 0. The van der Waals surface area contributed by atoms with Crippen LogP contribution in [0.4, 0.5) is 16.2 Å². The molecule has 0 unspecified atom stereocenters. The summed E-state index contributed by atoms with van der Waals surface area (Å²) < 4.78 is 5.06. The molecule has 0 saturated heterocycles. The van der Waals surface area contributed by atoms with E-state index in [-0.39, 0.29) is 11.3 Å². The van der Waals surface area contributed by atoms with Crippen molar-refractivity contribution in [2.45, 2.75) is 0 Å². The van der Waals surface area contributed by atoms with Crippen LogP contribution in [0.5, 0.6) is 5.75 Å². The van der Waals surface area contributed by atoms with Gasteiger partial charge in [0.25, 0.3) is 0 Å². The molecule has 2 amide bonds. The SMILES string of the molecule is COc1ccc(NC(=O)Nc2cc3ccccc3cc2C(=O)O)cc1. The lowest BCUT2D eigenvalue weighted by molar-refractivity contribution is 0.0698. The smallest absolute Gasteiger partial charge is 0.337 e. The number of amides is 2. The third-order valence-electron chi connectivity index (χ3n) is 3.71. The van der Waals surface area contributed by atoms with Crippen molar-refractivity contribution in [3.8, 4) is 5.75 Å². The van der Waals surface area contributed by atoms with Crippen molar-refractivity contribution in [3.05, 3.63) is 66.2 Å². The second-order valence-electron chi connectivity index (χ2n) is 5.36. The van der Waals surface area contributed by atoms with E-state index in [0.29, 0.717) is 11.4 Å². The Labute approximate surface area is 144 Å². The van der Waals surface area contributed by atoms with Crippen LogP contribution in [0.25, 0.3) is 10.8 Å². The number of ether oxygens (including phenoxy) is 1. The Kier molecular flexibility index (Phi) is 4.52. The van der Waals surface area contributed by atoms with Gasteiger partial charge in [-0.3, -0.25) is 0 Å². The lowest BCUT2D eigenvalue weighted by atomic mass is 10.0. The number of hydrogen-bond donors (Lipinski definition) is 3. The van der Waals surface area contributed by atoms with Crippen LogP contribution in [0.2, 0.25) is 0 Å². The Morgan fingerprint density at radius 2 is 1.56 bits per heavy atom. The van der Waals surface area contributed by atoms with Gasteiger partial charge in [-0.05, 0) is 47.2 Å². The second-order valence-corrected chi connectivity index (χ2v) is 5.36. The lowest BCUT2D eigenvalue weighted by Crippen LogP contribution is -2.21. The number of benzene rings is 3. The van der Waals surface area contributed by atoms with Crippen molar-refractivity contribution >= 4 is 34.1 Å². The molecule has 0 aliphatic rings. The van der Waals surface area contributed by atoms with Crippen molar-refractivity contribution in [1.82, 2.24) is 0 Å². The highest BCUT2D eigenvalue weighted by molar-refractivity contribution is 6.07. The van der Waals surface area contributed by atoms with Gasteiger partial charge in [0.2, 0.25) is 0 Å². The van der Waals surface area contributed by atoms with Gasteiger partial charge in [0.15, 0.2) is 0 Å². The fourth-order valence-corrected chi connectivity index (χ4v) is 2.48. The van der Waals surface area contributed by atoms with E-state index >= 15 is 0 Å². The highest BCUT2D eigenvalue weighted by Crippen LogP contribution is 2.24. The summed E-state index contributed by atoms with van der Waals surface area (Å²) in [7, 11) is 1.56. The summed E-state index contributed by atoms with van der Waals surface area (Å²) in [5.41, 5.74) is 0.830. The number of anilines is 2. The molecule has 6 nitrogen and oxygen atoms in total. The molecule has 0 saturated carbocycles. The van der Waals surface area contributed by atoms with Gasteiger partial charge in [0.05, 0.1) is 18.4 Å². The number of nitrogens with one attached hydrogen (secondary N) is 2. The summed E-state index contributed by atoms with van der Waals surface area (Å²) in [5.74, 6) is -0.431. The molecule has 3 aromatic carbocycles. The van der Waals surface area contributed by atoms with Crippen LogP contribution in [-0.4, -0.2) is 24.2 Å². The maximum atomic E-state index is 12.2. The standard InChI is InChI=1S/C19H16N2O4/c1-25-15-8-6-14(7-9-15)20-19(24)21-17-11-13-5-3-2-4-12(13)10-16(17)18(22)23/h2-11H,1H3,(H,22,23)(H2,20,21,24). The van der Waals surface area contributed by atoms with E-state index in [4.69, 9.17) is 4.74 Å². The third kappa shape index (κ3) is 3.69. The highest BCUT2D eigenvalue weighted by atomic mass is 16.5. The molecule has 3 aromatic rings. The second kappa shape index (κ2) is 6.92. The predicted molar refractivity (Wildman–Crippen MR) is 96.5 cm³/mol. The zero-order valence-corrected chi connectivity index (χ0v) is 13.4. The van der Waals surface area contributed by atoms with E-state index in [9.17, 15) is 14.7 Å². The maximum Gasteiger partial charge on any atom is 0.337 e. The molecule has 0 spiro atoms. The molecule has 25 heavy (non-hydrogen) atoms. The molecule has 0 heterocycles. The van der Waals surface area contributed by atoms with Crippen molar-refractivity contribution < 1.29 is 19.4 Å². The highest BCUT2D eigenvalue weighted by Gasteiger charge is 2.14. The first-order valence-corrected chi connectivity index (χ1v) is 7.55. The van der Waals surface area contributed by atoms with Gasteiger partial charge < -0.3 is 20.5 Å². The number of rotatable bonds is 4. The van der Waals surface area contributed by atoms with Crippen molar-refractivity contribution in [1.29, 1.82) is 0 Å². The van der Waals surface area contributed by atoms with Crippen LogP contribution in [0, 0.1) is 0 Å². The zero-order valence-electron chi connectivity index (χ0n) is 13.4. The first-order chi connectivity index (χ1) is 12.1. The van der Waals surface area contributed by atoms with Crippen LogP contribution >= 0.6 is 0 Å². The normalized spacial score (nSPS) is 10.3. The van der Waals surface area contributed by atoms with Gasteiger partial charge in [-0.2, -0.15) is 0 Å².